The molecule has 0 spiro atoms. The van der Waals surface area contributed by atoms with Gasteiger partial charge >= 0.3 is 0 Å². The second kappa shape index (κ2) is 4.60. The molecule has 0 unspecified atom stereocenters. The Morgan fingerprint density at radius 3 is 2.33 bits per heavy atom. The van der Waals surface area contributed by atoms with E-state index in [0.717, 1.165) is 5.69 Å². The van der Waals surface area contributed by atoms with Gasteiger partial charge in [0, 0.05) is 24.8 Å². The van der Waals surface area contributed by atoms with Gasteiger partial charge in [-0.2, -0.15) is 0 Å². The number of hydrogen-bond donors (Lipinski definition) is 1. The van der Waals surface area contributed by atoms with E-state index < -0.39 is 0 Å². The number of nitrogens with zero attached hydrogens (tertiary/aromatic N) is 1. The second-order valence-corrected chi connectivity index (χ2v) is 4.99. The molecule has 0 fully saturated rings. The van der Waals surface area contributed by atoms with Gasteiger partial charge in [-0.25, -0.2) is 0 Å². The Morgan fingerprint density at radius 1 is 1.27 bits per heavy atom. The summed E-state index contributed by atoms with van der Waals surface area (Å²) in [6, 6.07) is 5.58. The standard InChI is InChI=1S/C11H16Cl2N2/c1-11(2,7-14)15(3)8-4-5-9(12)10(13)6-8/h4-6H,7,14H2,1-3H3. The number of anilines is 1. The summed E-state index contributed by atoms with van der Waals surface area (Å²) < 4.78 is 0. The number of halogens is 2. The van der Waals surface area contributed by atoms with Crippen molar-refractivity contribution in [2.75, 3.05) is 18.5 Å². The molecule has 1 rings (SSSR count). The van der Waals surface area contributed by atoms with Gasteiger partial charge in [-0.3, -0.25) is 0 Å². The van der Waals surface area contributed by atoms with E-state index >= 15 is 0 Å². The lowest BCUT2D eigenvalue weighted by Gasteiger charge is -2.36. The van der Waals surface area contributed by atoms with E-state index in [9.17, 15) is 0 Å². The van der Waals surface area contributed by atoms with Crippen LogP contribution >= 0.6 is 23.2 Å². The van der Waals surface area contributed by atoms with Gasteiger partial charge in [0.2, 0.25) is 0 Å². The molecule has 1 aromatic rings. The smallest absolute Gasteiger partial charge is 0.0612 e. The lowest BCUT2D eigenvalue weighted by atomic mass is 10.0. The molecule has 0 amide bonds. The van der Waals surface area contributed by atoms with Gasteiger partial charge in [0.1, 0.15) is 0 Å². The Kier molecular flexibility index (Phi) is 3.87. The van der Waals surface area contributed by atoms with E-state index in [0.29, 0.717) is 16.6 Å². The van der Waals surface area contributed by atoms with Crippen LogP contribution in [0, 0.1) is 0 Å². The molecule has 0 aliphatic heterocycles. The summed E-state index contributed by atoms with van der Waals surface area (Å²) in [4.78, 5) is 2.09. The molecule has 0 aliphatic carbocycles. The molecule has 4 heteroatoms. The van der Waals surface area contributed by atoms with Gasteiger partial charge in [0.25, 0.3) is 0 Å². The van der Waals surface area contributed by atoms with Crippen LogP contribution in [0.4, 0.5) is 5.69 Å². The summed E-state index contributed by atoms with van der Waals surface area (Å²) in [5.74, 6) is 0. The SMILES string of the molecule is CN(c1ccc(Cl)c(Cl)c1)C(C)(C)CN. The molecule has 0 bridgehead atoms. The Balaban J connectivity index is 3.02. The predicted octanol–water partition coefficient (Wildman–Crippen LogP) is 3.17. The predicted molar refractivity (Wildman–Crippen MR) is 68.0 cm³/mol. The Bertz CT molecular complexity index is 350. The van der Waals surface area contributed by atoms with Crippen LogP contribution in [-0.4, -0.2) is 19.1 Å². The van der Waals surface area contributed by atoms with Gasteiger partial charge < -0.3 is 10.6 Å². The fourth-order valence-electron chi connectivity index (χ4n) is 1.18. The van der Waals surface area contributed by atoms with Crippen LogP contribution in [0.15, 0.2) is 18.2 Å². The number of likely N-dealkylation sites (N-methyl/N-ethyl adjacent to an activating group) is 1. The average Bonchev–Trinajstić information content (AvgIpc) is 2.21. The Morgan fingerprint density at radius 2 is 1.87 bits per heavy atom. The van der Waals surface area contributed by atoms with E-state index in [4.69, 9.17) is 28.9 Å². The quantitative estimate of drug-likeness (QED) is 0.888. The summed E-state index contributed by atoms with van der Waals surface area (Å²) >= 11 is 11.8. The van der Waals surface area contributed by atoms with Crippen LogP contribution < -0.4 is 10.6 Å². The maximum absolute atomic E-state index is 5.96. The van der Waals surface area contributed by atoms with Crippen molar-refractivity contribution in [3.8, 4) is 0 Å². The molecule has 0 aromatic heterocycles. The number of hydrogen-bond acceptors (Lipinski definition) is 2. The third-order valence-electron chi connectivity index (χ3n) is 2.70. The van der Waals surface area contributed by atoms with E-state index in [1.54, 1.807) is 6.07 Å². The summed E-state index contributed by atoms with van der Waals surface area (Å²) in [7, 11) is 1.99. The molecule has 0 aliphatic rings. The molecule has 0 atom stereocenters. The van der Waals surface area contributed by atoms with Crippen LogP contribution in [0.3, 0.4) is 0 Å². The molecular formula is C11H16Cl2N2. The van der Waals surface area contributed by atoms with E-state index in [2.05, 4.69) is 18.7 Å². The molecule has 0 radical (unpaired) electrons. The largest absolute Gasteiger partial charge is 0.368 e. The van der Waals surface area contributed by atoms with E-state index in [-0.39, 0.29) is 5.54 Å². The van der Waals surface area contributed by atoms with Gasteiger partial charge in [-0.05, 0) is 32.0 Å². The van der Waals surface area contributed by atoms with Gasteiger partial charge in [-0.15, -0.1) is 0 Å². The topological polar surface area (TPSA) is 29.3 Å². The molecule has 1 aromatic carbocycles. The third-order valence-corrected chi connectivity index (χ3v) is 3.44. The first kappa shape index (κ1) is 12.6. The number of rotatable bonds is 3. The maximum Gasteiger partial charge on any atom is 0.0612 e. The Hall–Kier alpha value is -0.440. The van der Waals surface area contributed by atoms with Crippen molar-refractivity contribution in [2.45, 2.75) is 19.4 Å². The first-order valence-corrected chi connectivity index (χ1v) is 5.53. The minimum atomic E-state index is -0.100. The first-order chi connectivity index (χ1) is 6.88. The van der Waals surface area contributed by atoms with Gasteiger partial charge in [0.05, 0.1) is 10.0 Å². The van der Waals surface area contributed by atoms with Gasteiger partial charge in [0.15, 0.2) is 0 Å². The molecule has 2 N–H and O–H groups in total. The highest BCUT2D eigenvalue weighted by Crippen LogP contribution is 2.29. The monoisotopic (exact) mass is 246 g/mol. The van der Waals surface area contributed by atoms with Crippen LogP contribution in [0.25, 0.3) is 0 Å². The van der Waals surface area contributed by atoms with Crippen LogP contribution in [-0.2, 0) is 0 Å². The fraction of sp³-hybridized carbons (Fsp3) is 0.455. The third kappa shape index (κ3) is 2.77. The minimum absolute atomic E-state index is 0.100. The fourth-order valence-corrected chi connectivity index (χ4v) is 1.47. The summed E-state index contributed by atoms with van der Waals surface area (Å²) in [5, 5.41) is 1.13. The maximum atomic E-state index is 5.96. The van der Waals surface area contributed by atoms with Crippen molar-refractivity contribution in [2.24, 2.45) is 5.73 Å². The zero-order valence-electron chi connectivity index (χ0n) is 9.22. The molecular weight excluding hydrogens is 231 g/mol. The number of benzene rings is 1. The lowest BCUT2D eigenvalue weighted by molar-refractivity contribution is 0.498. The van der Waals surface area contributed by atoms with Crippen molar-refractivity contribution in [1.82, 2.24) is 0 Å². The minimum Gasteiger partial charge on any atom is -0.368 e. The number of nitrogens with two attached hydrogens (primary N) is 1. The van der Waals surface area contributed by atoms with Gasteiger partial charge in [-0.1, -0.05) is 23.2 Å². The molecule has 0 heterocycles. The summed E-state index contributed by atoms with van der Waals surface area (Å²) in [5.41, 5.74) is 6.63. The highest BCUT2D eigenvalue weighted by molar-refractivity contribution is 6.42. The molecule has 84 valence electrons. The van der Waals surface area contributed by atoms with Crippen molar-refractivity contribution in [1.29, 1.82) is 0 Å². The van der Waals surface area contributed by atoms with Crippen LogP contribution in [0.2, 0.25) is 10.0 Å². The summed E-state index contributed by atoms with van der Waals surface area (Å²) in [6.07, 6.45) is 0. The molecule has 15 heavy (non-hydrogen) atoms. The van der Waals surface area contributed by atoms with Crippen molar-refractivity contribution < 1.29 is 0 Å². The zero-order valence-corrected chi connectivity index (χ0v) is 10.7. The zero-order chi connectivity index (χ0) is 11.6. The second-order valence-electron chi connectivity index (χ2n) is 4.17. The van der Waals surface area contributed by atoms with E-state index in [1.807, 2.05) is 19.2 Å². The normalized spacial score (nSPS) is 11.6. The highest BCUT2D eigenvalue weighted by atomic mass is 35.5. The van der Waals surface area contributed by atoms with E-state index in [1.165, 1.54) is 0 Å². The van der Waals surface area contributed by atoms with Crippen molar-refractivity contribution in [3.05, 3.63) is 28.2 Å². The van der Waals surface area contributed by atoms with Crippen molar-refractivity contribution >= 4 is 28.9 Å². The van der Waals surface area contributed by atoms with Crippen LogP contribution in [0.1, 0.15) is 13.8 Å². The first-order valence-electron chi connectivity index (χ1n) is 4.77. The molecule has 0 saturated carbocycles. The summed E-state index contributed by atoms with van der Waals surface area (Å²) in [6.45, 7) is 4.73. The average molecular weight is 247 g/mol. The molecule has 2 nitrogen and oxygen atoms in total. The highest BCUT2D eigenvalue weighted by Gasteiger charge is 2.22. The van der Waals surface area contributed by atoms with Crippen LogP contribution in [0.5, 0.6) is 0 Å². The Labute approximate surface area is 101 Å². The lowest BCUT2D eigenvalue weighted by Crippen LogP contribution is -2.47. The van der Waals surface area contributed by atoms with Crippen molar-refractivity contribution in [3.63, 3.8) is 0 Å². The molecule has 0 saturated heterocycles.